The molecule has 0 saturated heterocycles. The standard InChI is InChI=1S/C40H36N2/c1-6-11-28(7-2)29-18-22-31(23-19-29)41(30-20-16-27(3)17-21-30)32-24-25-37-34(26-32)33-12-10-14-36-39(33)42(37)38-15-9-8-13-35(38)40(36,4)5/h6-7,9-12,14-26H,1-2,8,13H2,3-5H3/b28-11+. The zero-order valence-corrected chi connectivity index (χ0v) is 24.7. The molecule has 0 amide bonds. The summed E-state index contributed by atoms with van der Waals surface area (Å²) in [6.07, 6.45) is 12.6. The fourth-order valence-corrected chi connectivity index (χ4v) is 6.96. The maximum absolute atomic E-state index is 3.99. The molecule has 5 aromatic rings. The van der Waals surface area contributed by atoms with Crippen LogP contribution < -0.4 is 4.90 Å². The molecule has 0 radical (unpaired) electrons. The predicted molar refractivity (Wildman–Crippen MR) is 182 cm³/mol. The average molecular weight is 545 g/mol. The first kappa shape index (κ1) is 26.1. The average Bonchev–Trinajstić information content (AvgIpc) is 3.35. The lowest BCUT2D eigenvalue weighted by Crippen LogP contribution is -2.28. The number of nitrogens with zero attached hydrogens (tertiary/aromatic N) is 2. The van der Waals surface area contributed by atoms with Crippen LogP contribution in [0.1, 0.15) is 43.4 Å². The maximum Gasteiger partial charge on any atom is 0.0581 e. The lowest BCUT2D eigenvalue weighted by molar-refractivity contribution is 0.585. The van der Waals surface area contributed by atoms with Crippen LogP contribution in [0, 0.1) is 6.92 Å². The minimum Gasteiger partial charge on any atom is -0.310 e. The van der Waals surface area contributed by atoms with Crippen molar-refractivity contribution in [1.29, 1.82) is 0 Å². The van der Waals surface area contributed by atoms with Gasteiger partial charge in [-0.05, 0) is 90.6 Å². The van der Waals surface area contributed by atoms with E-state index in [0.29, 0.717) is 0 Å². The number of allylic oxidation sites excluding steroid dienone is 8. The molecule has 206 valence electrons. The Bertz CT molecular complexity index is 1970. The minimum absolute atomic E-state index is 0.00677. The summed E-state index contributed by atoms with van der Waals surface area (Å²) in [4.78, 5) is 2.36. The molecule has 2 nitrogen and oxygen atoms in total. The van der Waals surface area contributed by atoms with Crippen molar-refractivity contribution in [3.63, 3.8) is 0 Å². The number of para-hydroxylation sites is 1. The Kier molecular flexibility index (Phi) is 6.17. The topological polar surface area (TPSA) is 8.17 Å². The van der Waals surface area contributed by atoms with Crippen LogP contribution in [0.15, 0.2) is 134 Å². The maximum atomic E-state index is 3.99. The zero-order valence-electron chi connectivity index (χ0n) is 24.7. The molecule has 1 aliphatic heterocycles. The Hall–Kier alpha value is -4.82. The Morgan fingerprint density at radius 2 is 1.57 bits per heavy atom. The van der Waals surface area contributed by atoms with E-state index in [1.54, 1.807) is 6.08 Å². The summed E-state index contributed by atoms with van der Waals surface area (Å²) in [6.45, 7) is 14.8. The van der Waals surface area contributed by atoms with Crippen molar-refractivity contribution in [2.45, 2.75) is 39.0 Å². The van der Waals surface area contributed by atoms with Gasteiger partial charge < -0.3 is 9.47 Å². The number of rotatable bonds is 6. The third-order valence-corrected chi connectivity index (χ3v) is 9.11. The molecular formula is C40H36N2. The van der Waals surface area contributed by atoms with Gasteiger partial charge in [-0.2, -0.15) is 0 Å². The summed E-state index contributed by atoms with van der Waals surface area (Å²) in [5.74, 6) is 0. The largest absolute Gasteiger partial charge is 0.310 e. The highest BCUT2D eigenvalue weighted by Gasteiger charge is 2.36. The molecule has 0 unspecified atom stereocenters. The highest BCUT2D eigenvalue weighted by atomic mass is 15.1. The van der Waals surface area contributed by atoms with Crippen molar-refractivity contribution in [2.75, 3.05) is 4.90 Å². The number of anilines is 3. The SMILES string of the molecule is C=C/C=C(\C=C)c1ccc(N(c2ccc(C)cc2)c2ccc3c(c2)c2cccc4c2n3C2=C(CCC=C2)C4(C)C)cc1. The minimum atomic E-state index is 0.00677. The van der Waals surface area contributed by atoms with Gasteiger partial charge in [-0.1, -0.05) is 99.3 Å². The van der Waals surface area contributed by atoms with Gasteiger partial charge in [-0.3, -0.25) is 0 Å². The van der Waals surface area contributed by atoms with Gasteiger partial charge in [0.15, 0.2) is 0 Å². The van der Waals surface area contributed by atoms with E-state index in [9.17, 15) is 0 Å². The van der Waals surface area contributed by atoms with Crippen LogP contribution in [-0.2, 0) is 5.41 Å². The Labute approximate surface area is 248 Å². The third-order valence-electron chi connectivity index (χ3n) is 9.11. The second-order valence-corrected chi connectivity index (χ2v) is 11.9. The first-order chi connectivity index (χ1) is 20.4. The Morgan fingerprint density at radius 1 is 0.857 bits per heavy atom. The highest BCUT2D eigenvalue weighted by Crippen LogP contribution is 2.50. The Balaban J connectivity index is 1.45. The van der Waals surface area contributed by atoms with Gasteiger partial charge in [-0.15, -0.1) is 0 Å². The Morgan fingerprint density at radius 3 is 2.29 bits per heavy atom. The molecule has 4 aromatic carbocycles. The number of hydrogen-bond acceptors (Lipinski definition) is 1. The van der Waals surface area contributed by atoms with E-state index in [1.807, 2.05) is 12.2 Å². The molecule has 0 N–H and O–H groups in total. The molecule has 0 saturated carbocycles. The summed E-state index contributed by atoms with van der Waals surface area (Å²) in [5, 5.41) is 2.59. The summed E-state index contributed by atoms with van der Waals surface area (Å²) in [5.41, 5.74) is 13.7. The number of benzene rings is 4. The van der Waals surface area contributed by atoms with Crippen molar-refractivity contribution in [3.8, 4) is 0 Å². The van der Waals surface area contributed by atoms with Crippen LogP contribution in [0.3, 0.4) is 0 Å². The van der Waals surface area contributed by atoms with E-state index in [-0.39, 0.29) is 5.41 Å². The molecule has 7 rings (SSSR count). The molecule has 1 aromatic heterocycles. The molecule has 2 heterocycles. The van der Waals surface area contributed by atoms with Crippen LogP contribution >= 0.6 is 0 Å². The lowest BCUT2D eigenvalue weighted by Gasteiger charge is -2.37. The van der Waals surface area contributed by atoms with Crippen LogP contribution in [0.2, 0.25) is 0 Å². The van der Waals surface area contributed by atoms with Crippen molar-refractivity contribution < 1.29 is 0 Å². The number of hydrogen-bond donors (Lipinski definition) is 0. The third kappa shape index (κ3) is 3.94. The molecule has 0 spiro atoms. The quantitative estimate of drug-likeness (QED) is 0.193. The van der Waals surface area contributed by atoms with Gasteiger partial charge in [0.2, 0.25) is 0 Å². The molecule has 0 atom stereocenters. The monoisotopic (exact) mass is 544 g/mol. The molecule has 2 heteroatoms. The van der Waals surface area contributed by atoms with Crippen LogP contribution in [0.4, 0.5) is 17.1 Å². The smallest absolute Gasteiger partial charge is 0.0581 e. The number of aryl methyl sites for hydroxylation is 1. The van der Waals surface area contributed by atoms with Gasteiger partial charge in [-0.25, -0.2) is 0 Å². The first-order valence-corrected chi connectivity index (χ1v) is 14.8. The van der Waals surface area contributed by atoms with E-state index < -0.39 is 0 Å². The number of aromatic nitrogens is 1. The van der Waals surface area contributed by atoms with Gasteiger partial charge >= 0.3 is 0 Å². The van der Waals surface area contributed by atoms with Crippen LogP contribution in [-0.4, -0.2) is 4.57 Å². The first-order valence-electron chi connectivity index (χ1n) is 14.8. The van der Waals surface area contributed by atoms with Crippen molar-refractivity contribution in [1.82, 2.24) is 4.57 Å². The predicted octanol–water partition coefficient (Wildman–Crippen LogP) is 11.2. The van der Waals surface area contributed by atoms with Crippen LogP contribution in [0.5, 0.6) is 0 Å². The second-order valence-electron chi connectivity index (χ2n) is 11.9. The summed E-state index contributed by atoms with van der Waals surface area (Å²) < 4.78 is 2.52. The lowest BCUT2D eigenvalue weighted by atomic mass is 9.71. The second kappa shape index (κ2) is 9.92. The fraction of sp³-hybridized carbons (Fsp3) is 0.150. The van der Waals surface area contributed by atoms with Crippen molar-refractivity contribution >= 4 is 50.1 Å². The highest BCUT2D eigenvalue weighted by molar-refractivity contribution is 6.14. The fourth-order valence-electron chi connectivity index (χ4n) is 6.96. The summed E-state index contributed by atoms with van der Waals surface area (Å²) in [6, 6.07) is 31.4. The van der Waals surface area contributed by atoms with Gasteiger partial charge in [0.05, 0.1) is 11.0 Å². The summed E-state index contributed by atoms with van der Waals surface area (Å²) in [7, 11) is 0. The van der Waals surface area contributed by atoms with Gasteiger partial charge in [0.1, 0.15) is 0 Å². The normalized spacial score (nSPS) is 15.6. The summed E-state index contributed by atoms with van der Waals surface area (Å²) >= 11 is 0. The number of fused-ring (bicyclic) bond motifs is 4. The molecule has 0 bridgehead atoms. The molecular weight excluding hydrogens is 508 g/mol. The van der Waals surface area contributed by atoms with Crippen LogP contribution in [0.25, 0.3) is 33.1 Å². The molecule has 42 heavy (non-hydrogen) atoms. The molecule has 2 aliphatic rings. The van der Waals surface area contributed by atoms with Crippen molar-refractivity contribution in [2.24, 2.45) is 0 Å². The zero-order chi connectivity index (χ0) is 29.0. The molecule has 0 fully saturated rings. The van der Waals surface area contributed by atoms with E-state index in [0.717, 1.165) is 41.0 Å². The van der Waals surface area contributed by atoms with E-state index in [1.165, 1.54) is 44.2 Å². The van der Waals surface area contributed by atoms with Gasteiger partial charge in [0, 0.05) is 38.9 Å². The van der Waals surface area contributed by atoms with E-state index in [4.69, 9.17) is 0 Å². The van der Waals surface area contributed by atoms with Crippen molar-refractivity contribution in [3.05, 3.63) is 151 Å². The van der Waals surface area contributed by atoms with E-state index >= 15 is 0 Å². The molecule has 1 aliphatic carbocycles. The van der Waals surface area contributed by atoms with Gasteiger partial charge in [0.25, 0.3) is 0 Å². The van der Waals surface area contributed by atoms with E-state index in [2.05, 4.69) is 140 Å².